The summed E-state index contributed by atoms with van der Waals surface area (Å²) in [6.45, 7) is 10.4. The summed E-state index contributed by atoms with van der Waals surface area (Å²) in [5.74, 6) is 2.48. The van der Waals surface area contributed by atoms with Crippen molar-refractivity contribution < 1.29 is 9.47 Å². The van der Waals surface area contributed by atoms with E-state index >= 15 is 0 Å². The van der Waals surface area contributed by atoms with Crippen molar-refractivity contribution in [3.63, 3.8) is 0 Å². The molecule has 0 fully saturated rings. The van der Waals surface area contributed by atoms with E-state index in [4.69, 9.17) is 44.3 Å². The maximum Gasteiger partial charge on any atom is 0.137 e. The van der Waals surface area contributed by atoms with Crippen molar-refractivity contribution >= 4 is 34.8 Å². The average Bonchev–Trinajstić information content (AvgIpc) is 3.30. The van der Waals surface area contributed by atoms with Gasteiger partial charge in [0.15, 0.2) is 0 Å². The molecule has 0 aliphatic carbocycles. The van der Waals surface area contributed by atoms with E-state index in [0.717, 1.165) is 17.7 Å². The molecular weight excluding hydrogens is 479 g/mol. The van der Waals surface area contributed by atoms with Gasteiger partial charge in [-0.15, -0.1) is 11.6 Å². The lowest BCUT2D eigenvalue weighted by Gasteiger charge is -2.27. The molecule has 2 aromatic carbocycles. The first-order valence-corrected chi connectivity index (χ1v) is 12.4. The molecule has 33 heavy (non-hydrogen) atoms. The lowest BCUT2D eigenvalue weighted by Crippen LogP contribution is -2.19. The fourth-order valence-corrected chi connectivity index (χ4v) is 4.06. The molecular formula is C26H31Cl3N2O2. The first-order valence-electron chi connectivity index (χ1n) is 11.1. The van der Waals surface area contributed by atoms with E-state index in [1.807, 2.05) is 54.3 Å². The SMILES string of the molecule is C[C@@H](CCl)COc1ccc(C(C)(C)c2ccc(OC[C@H](C)Cn3ccnc3)c(Cl)c2)cc1Cl. The first-order chi connectivity index (χ1) is 15.7. The molecule has 0 radical (unpaired) electrons. The number of ether oxygens (including phenoxy) is 2. The third-order valence-corrected chi connectivity index (χ3v) is 6.82. The van der Waals surface area contributed by atoms with Crippen LogP contribution in [0.25, 0.3) is 0 Å². The monoisotopic (exact) mass is 508 g/mol. The summed E-state index contributed by atoms with van der Waals surface area (Å²) in [4.78, 5) is 4.08. The minimum absolute atomic E-state index is 0.260. The Morgan fingerprint density at radius 3 is 1.91 bits per heavy atom. The summed E-state index contributed by atoms with van der Waals surface area (Å²) in [7, 11) is 0. The van der Waals surface area contributed by atoms with Crippen molar-refractivity contribution in [3.8, 4) is 11.5 Å². The van der Waals surface area contributed by atoms with Crippen LogP contribution in [0.3, 0.4) is 0 Å². The van der Waals surface area contributed by atoms with Gasteiger partial charge in [0.05, 0.1) is 29.6 Å². The van der Waals surface area contributed by atoms with Crippen LogP contribution in [-0.2, 0) is 12.0 Å². The molecule has 0 N–H and O–H groups in total. The smallest absolute Gasteiger partial charge is 0.137 e. The van der Waals surface area contributed by atoms with Gasteiger partial charge in [-0.1, -0.05) is 63.0 Å². The Balaban J connectivity index is 1.68. The Bertz CT molecular complexity index is 1040. The number of hydrogen-bond donors (Lipinski definition) is 0. The minimum atomic E-state index is -0.303. The zero-order chi connectivity index (χ0) is 24.0. The molecule has 0 amide bonds. The van der Waals surface area contributed by atoms with Crippen molar-refractivity contribution in [2.24, 2.45) is 11.8 Å². The van der Waals surface area contributed by atoms with E-state index in [1.54, 1.807) is 6.20 Å². The van der Waals surface area contributed by atoms with Crippen LogP contribution in [0.15, 0.2) is 55.1 Å². The zero-order valence-corrected chi connectivity index (χ0v) is 21.8. The van der Waals surface area contributed by atoms with E-state index in [2.05, 4.69) is 31.8 Å². The van der Waals surface area contributed by atoms with Crippen molar-refractivity contribution in [1.82, 2.24) is 9.55 Å². The van der Waals surface area contributed by atoms with Crippen LogP contribution in [0.5, 0.6) is 11.5 Å². The maximum atomic E-state index is 6.59. The number of aromatic nitrogens is 2. The zero-order valence-electron chi connectivity index (χ0n) is 19.5. The number of imidazole rings is 1. The average molecular weight is 510 g/mol. The Kier molecular flexibility index (Phi) is 8.97. The molecule has 3 rings (SSSR count). The highest BCUT2D eigenvalue weighted by atomic mass is 35.5. The molecule has 0 saturated carbocycles. The normalized spacial score (nSPS) is 13.5. The summed E-state index contributed by atoms with van der Waals surface area (Å²) in [5.41, 5.74) is 1.85. The minimum Gasteiger partial charge on any atom is -0.492 e. The van der Waals surface area contributed by atoms with Crippen LogP contribution in [0.2, 0.25) is 10.0 Å². The number of alkyl halides is 1. The van der Waals surface area contributed by atoms with Crippen LogP contribution in [0.4, 0.5) is 0 Å². The standard InChI is InChI=1S/C26H31Cl3N2O2/c1-18(13-27)15-32-24-7-5-20(11-22(24)28)26(3,4)21-6-8-25(23(29)12-21)33-16-19(2)14-31-10-9-30-17-31/h5-12,17-19H,13-16H2,1-4H3/t18-,19+/m0/s1. The van der Waals surface area contributed by atoms with E-state index < -0.39 is 0 Å². The van der Waals surface area contributed by atoms with Crippen molar-refractivity contribution in [2.75, 3.05) is 19.1 Å². The van der Waals surface area contributed by atoms with Gasteiger partial charge in [-0.3, -0.25) is 0 Å². The summed E-state index contributed by atoms with van der Waals surface area (Å²) in [6.07, 6.45) is 5.54. The number of benzene rings is 2. The van der Waals surface area contributed by atoms with E-state index in [1.165, 1.54) is 0 Å². The van der Waals surface area contributed by atoms with Gasteiger partial charge in [0.25, 0.3) is 0 Å². The number of rotatable bonds is 11. The third-order valence-electron chi connectivity index (χ3n) is 5.70. The number of nitrogens with zero attached hydrogens (tertiary/aromatic N) is 2. The van der Waals surface area contributed by atoms with Gasteiger partial charge in [-0.05, 0) is 35.4 Å². The van der Waals surface area contributed by atoms with Crippen LogP contribution >= 0.6 is 34.8 Å². The quantitative estimate of drug-likeness (QED) is 0.251. The summed E-state index contributed by atoms with van der Waals surface area (Å²) >= 11 is 19.0. The lowest BCUT2D eigenvalue weighted by molar-refractivity contribution is 0.244. The maximum absolute atomic E-state index is 6.59. The summed E-state index contributed by atoms with van der Waals surface area (Å²) in [6, 6.07) is 11.9. The highest BCUT2D eigenvalue weighted by molar-refractivity contribution is 6.32. The van der Waals surface area contributed by atoms with Crippen molar-refractivity contribution in [1.29, 1.82) is 0 Å². The van der Waals surface area contributed by atoms with Gasteiger partial charge < -0.3 is 14.0 Å². The molecule has 178 valence electrons. The van der Waals surface area contributed by atoms with Gasteiger partial charge in [0, 0.05) is 42.1 Å². The summed E-state index contributed by atoms with van der Waals surface area (Å²) < 4.78 is 13.9. The number of halogens is 3. The lowest BCUT2D eigenvalue weighted by atomic mass is 9.78. The van der Waals surface area contributed by atoms with Crippen LogP contribution < -0.4 is 9.47 Å². The molecule has 4 nitrogen and oxygen atoms in total. The highest BCUT2D eigenvalue weighted by Gasteiger charge is 2.25. The molecule has 7 heteroatoms. The topological polar surface area (TPSA) is 36.3 Å². The molecule has 0 saturated heterocycles. The van der Waals surface area contributed by atoms with Gasteiger partial charge >= 0.3 is 0 Å². The fourth-order valence-electron chi connectivity index (χ4n) is 3.50. The third kappa shape index (κ3) is 6.81. The molecule has 1 heterocycles. The van der Waals surface area contributed by atoms with Crippen LogP contribution in [0.1, 0.15) is 38.8 Å². The van der Waals surface area contributed by atoms with Gasteiger partial charge in [0.2, 0.25) is 0 Å². The first kappa shape index (κ1) is 25.7. The van der Waals surface area contributed by atoms with Gasteiger partial charge in [0.1, 0.15) is 11.5 Å². The Morgan fingerprint density at radius 1 is 0.909 bits per heavy atom. The van der Waals surface area contributed by atoms with Crippen LogP contribution in [0, 0.1) is 11.8 Å². The van der Waals surface area contributed by atoms with E-state index in [9.17, 15) is 0 Å². The predicted molar refractivity (Wildman–Crippen MR) is 137 cm³/mol. The molecule has 0 unspecified atom stereocenters. The predicted octanol–water partition coefficient (Wildman–Crippen LogP) is 7.48. The highest BCUT2D eigenvalue weighted by Crippen LogP contribution is 2.38. The second-order valence-corrected chi connectivity index (χ2v) is 10.3. The van der Waals surface area contributed by atoms with Gasteiger partial charge in [-0.2, -0.15) is 0 Å². The Labute approximate surface area is 211 Å². The second-order valence-electron chi connectivity index (χ2n) is 9.16. The molecule has 0 bridgehead atoms. The fraction of sp³-hybridized carbons (Fsp3) is 0.423. The molecule has 3 aromatic rings. The van der Waals surface area contributed by atoms with E-state index in [-0.39, 0.29) is 11.3 Å². The second kappa shape index (κ2) is 11.5. The summed E-state index contributed by atoms with van der Waals surface area (Å²) in [5, 5.41) is 1.18. The number of hydrogen-bond acceptors (Lipinski definition) is 3. The molecule has 0 spiro atoms. The molecule has 0 aliphatic rings. The Morgan fingerprint density at radius 2 is 1.45 bits per heavy atom. The van der Waals surface area contributed by atoms with Crippen molar-refractivity contribution in [2.45, 2.75) is 39.7 Å². The van der Waals surface area contributed by atoms with Crippen molar-refractivity contribution in [3.05, 3.63) is 76.3 Å². The molecule has 1 aromatic heterocycles. The van der Waals surface area contributed by atoms with Gasteiger partial charge in [-0.25, -0.2) is 4.98 Å². The largest absolute Gasteiger partial charge is 0.492 e. The Hall–Kier alpha value is -1.88. The molecule has 2 atom stereocenters. The van der Waals surface area contributed by atoms with Crippen LogP contribution in [-0.4, -0.2) is 28.6 Å². The molecule has 0 aliphatic heterocycles. The van der Waals surface area contributed by atoms with E-state index in [0.29, 0.717) is 46.6 Å².